The molecule has 0 bridgehead atoms. The van der Waals surface area contributed by atoms with Crippen molar-refractivity contribution in [3.8, 4) is 0 Å². The number of aliphatic hydroxyl groups excluding tert-OH is 1. The molecule has 136 valence electrons. The van der Waals surface area contributed by atoms with E-state index < -0.39 is 0 Å². The second-order valence-corrected chi connectivity index (χ2v) is 9.83. The molecule has 4 aliphatic carbocycles. The molecular formula is C22H36O2. The summed E-state index contributed by atoms with van der Waals surface area (Å²) in [5, 5.41) is 10.3. The van der Waals surface area contributed by atoms with Gasteiger partial charge in [-0.25, -0.2) is 0 Å². The largest absolute Gasteiger partial charge is 0.393 e. The van der Waals surface area contributed by atoms with Gasteiger partial charge < -0.3 is 9.84 Å². The highest BCUT2D eigenvalue weighted by Crippen LogP contribution is 2.66. The van der Waals surface area contributed by atoms with Crippen molar-refractivity contribution in [2.75, 3.05) is 7.11 Å². The smallest absolute Gasteiger partial charge is 0.0608 e. The number of methoxy groups -OCH3 is 1. The first-order valence-corrected chi connectivity index (χ1v) is 10.3. The molecule has 0 aromatic rings. The highest BCUT2D eigenvalue weighted by atomic mass is 16.5. The Morgan fingerprint density at radius 3 is 2.62 bits per heavy atom. The quantitative estimate of drug-likeness (QED) is 0.724. The van der Waals surface area contributed by atoms with Gasteiger partial charge in [-0.15, -0.1) is 0 Å². The lowest BCUT2D eigenvalue weighted by Gasteiger charge is -2.58. The minimum absolute atomic E-state index is 0.140. The summed E-state index contributed by atoms with van der Waals surface area (Å²) in [6.45, 7) is 7.09. The van der Waals surface area contributed by atoms with Gasteiger partial charge in [-0.1, -0.05) is 25.5 Å². The highest BCUT2D eigenvalue weighted by molar-refractivity contribution is 5.25. The average Bonchev–Trinajstić information content (AvgIpc) is 2.91. The van der Waals surface area contributed by atoms with Crippen LogP contribution in [0.15, 0.2) is 11.6 Å². The van der Waals surface area contributed by atoms with Crippen molar-refractivity contribution in [3.05, 3.63) is 11.6 Å². The van der Waals surface area contributed by atoms with Gasteiger partial charge in [-0.05, 0) is 92.8 Å². The first-order valence-electron chi connectivity index (χ1n) is 10.3. The fourth-order valence-electron chi connectivity index (χ4n) is 7.66. The van der Waals surface area contributed by atoms with Crippen molar-refractivity contribution in [1.29, 1.82) is 0 Å². The molecule has 0 aliphatic heterocycles. The number of hydrogen-bond donors (Lipinski definition) is 1. The van der Waals surface area contributed by atoms with Crippen LogP contribution in [-0.4, -0.2) is 24.4 Å². The van der Waals surface area contributed by atoms with Gasteiger partial charge in [-0.2, -0.15) is 0 Å². The first-order chi connectivity index (χ1) is 11.4. The third-order valence-corrected chi connectivity index (χ3v) is 9.05. The van der Waals surface area contributed by atoms with Gasteiger partial charge in [0.1, 0.15) is 0 Å². The lowest BCUT2D eigenvalue weighted by Crippen LogP contribution is -2.51. The van der Waals surface area contributed by atoms with Crippen molar-refractivity contribution < 1.29 is 9.84 Å². The normalized spacial score (nSPS) is 52.0. The summed E-state index contributed by atoms with van der Waals surface area (Å²) in [5.74, 6) is 3.05. The van der Waals surface area contributed by atoms with Crippen LogP contribution in [0.4, 0.5) is 0 Å². The van der Waals surface area contributed by atoms with Crippen LogP contribution in [0.3, 0.4) is 0 Å². The number of allylic oxidation sites excluding steroid dienone is 1. The Morgan fingerprint density at radius 1 is 1.12 bits per heavy atom. The van der Waals surface area contributed by atoms with E-state index in [1.165, 1.54) is 44.9 Å². The fourth-order valence-corrected chi connectivity index (χ4v) is 7.66. The van der Waals surface area contributed by atoms with Crippen LogP contribution in [0.5, 0.6) is 0 Å². The molecule has 0 heterocycles. The van der Waals surface area contributed by atoms with Crippen molar-refractivity contribution in [2.45, 2.75) is 84.3 Å². The summed E-state index contributed by atoms with van der Waals surface area (Å²) in [7, 11) is 1.88. The van der Waals surface area contributed by atoms with Crippen LogP contribution in [0, 0.1) is 34.5 Å². The summed E-state index contributed by atoms with van der Waals surface area (Å²) >= 11 is 0. The number of rotatable bonds is 2. The van der Waals surface area contributed by atoms with Gasteiger partial charge in [0.2, 0.25) is 0 Å². The highest BCUT2D eigenvalue weighted by Gasteiger charge is 2.59. The van der Waals surface area contributed by atoms with E-state index >= 15 is 0 Å². The molecule has 0 aromatic carbocycles. The van der Waals surface area contributed by atoms with Crippen molar-refractivity contribution in [3.63, 3.8) is 0 Å². The number of hydrogen-bond acceptors (Lipinski definition) is 2. The Morgan fingerprint density at radius 2 is 1.92 bits per heavy atom. The maximum Gasteiger partial charge on any atom is 0.0608 e. The van der Waals surface area contributed by atoms with Crippen molar-refractivity contribution in [2.24, 2.45) is 34.5 Å². The number of fused-ring (bicyclic) bond motifs is 5. The summed E-state index contributed by atoms with van der Waals surface area (Å²) < 4.78 is 5.68. The second-order valence-electron chi connectivity index (χ2n) is 9.83. The third kappa shape index (κ3) is 2.28. The maximum absolute atomic E-state index is 10.3. The minimum Gasteiger partial charge on any atom is -0.393 e. The Hall–Kier alpha value is -0.340. The Labute approximate surface area is 148 Å². The molecule has 2 heteroatoms. The molecule has 0 radical (unpaired) electrons. The van der Waals surface area contributed by atoms with Crippen LogP contribution in [0.1, 0.15) is 72.1 Å². The Balaban J connectivity index is 1.62. The van der Waals surface area contributed by atoms with Gasteiger partial charge in [-0.3, -0.25) is 0 Å². The molecular weight excluding hydrogens is 296 g/mol. The summed E-state index contributed by atoms with van der Waals surface area (Å²) in [4.78, 5) is 0. The Bertz CT molecular complexity index is 524. The molecule has 4 rings (SSSR count). The van der Waals surface area contributed by atoms with Gasteiger partial charge in [0.05, 0.1) is 12.2 Å². The summed E-state index contributed by atoms with van der Waals surface area (Å²) in [6, 6.07) is 0. The average molecular weight is 333 g/mol. The predicted molar refractivity (Wildman–Crippen MR) is 97.7 cm³/mol. The second kappa shape index (κ2) is 5.84. The van der Waals surface area contributed by atoms with E-state index in [4.69, 9.17) is 4.74 Å². The molecule has 0 saturated heterocycles. The summed E-state index contributed by atoms with van der Waals surface area (Å²) in [5.41, 5.74) is 2.50. The molecule has 3 saturated carbocycles. The Kier molecular flexibility index (Phi) is 4.16. The van der Waals surface area contributed by atoms with E-state index in [9.17, 15) is 5.11 Å². The monoisotopic (exact) mass is 332 g/mol. The summed E-state index contributed by atoms with van der Waals surface area (Å²) in [6.07, 6.45) is 13.2. The number of aliphatic hydroxyl groups is 1. The molecule has 1 N–H and O–H groups in total. The lowest BCUT2D eigenvalue weighted by atomic mass is 9.47. The van der Waals surface area contributed by atoms with E-state index in [0.29, 0.717) is 22.9 Å². The van der Waals surface area contributed by atoms with Gasteiger partial charge in [0, 0.05) is 7.11 Å². The molecule has 8 atom stereocenters. The van der Waals surface area contributed by atoms with E-state index in [1.807, 2.05) is 14.0 Å². The molecule has 0 spiro atoms. The van der Waals surface area contributed by atoms with Gasteiger partial charge in [0.15, 0.2) is 0 Å². The SMILES string of the molecule is CO[C@H]1CC[C@@]2(C)C(=CCC3C2CC[C@@]2(C)C3CC[C@@H]2[C@H](C)O)C1. The zero-order valence-electron chi connectivity index (χ0n) is 16.1. The van der Waals surface area contributed by atoms with E-state index in [0.717, 1.165) is 24.2 Å². The lowest BCUT2D eigenvalue weighted by molar-refractivity contribution is -0.0696. The van der Waals surface area contributed by atoms with Crippen molar-refractivity contribution >= 4 is 0 Å². The van der Waals surface area contributed by atoms with Crippen molar-refractivity contribution in [1.82, 2.24) is 0 Å². The van der Waals surface area contributed by atoms with Crippen LogP contribution in [0.2, 0.25) is 0 Å². The molecule has 4 aliphatic rings. The van der Waals surface area contributed by atoms with E-state index in [2.05, 4.69) is 19.9 Å². The van der Waals surface area contributed by atoms with Crippen LogP contribution < -0.4 is 0 Å². The zero-order valence-corrected chi connectivity index (χ0v) is 16.1. The molecule has 0 aromatic heterocycles. The minimum atomic E-state index is -0.140. The predicted octanol–water partition coefficient (Wildman–Crippen LogP) is 4.96. The fraction of sp³-hybridized carbons (Fsp3) is 0.909. The third-order valence-electron chi connectivity index (χ3n) is 9.05. The first kappa shape index (κ1) is 17.1. The molecule has 0 amide bonds. The molecule has 2 nitrogen and oxygen atoms in total. The maximum atomic E-state index is 10.3. The number of ether oxygens (including phenoxy) is 1. The topological polar surface area (TPSA) is 29.5 Å². The van der Waals surface area contributed by atoms with Crippen LogP contribution in [-0.2, 0) is 4.74 Å². The van der Waals surface area contributed by atoms with Gasteiger partial charge >= 0.3 is 0 Å². The van der Waals surface area contributed by atoms with Crippen LogP contribution >= 0.6 is 0 Å². The molecule has 24 heavy (non-hydrogen) atoms. The molecule has 3 unspecified atom stereocenters. The zero-order chi connectivity index (χ0) is 17.1. The van der Waals surface area contributed by atoms with Gasteiger partial charge in [0.25, 0.3) is 0 Å². The van der Waals surface area contributed by atoms with E-state index in [-0.39, 0.29) is 6.10 Å². The molecule has 3 fully saturated rings. The van der Waals surface area contributed by atoms with Crippen LogP contribution in [0.25, 0.3) is 0 Å². The standard InChI is InChI=1S/C22H36O2/c1-14(23)18-7-8-19-17-6-5-15-13-16(24-4)9-11-21(15,2)20(17)10-12-22(18,19)3/h5,14,16-20,23H,6-13H2,1-4H3/t14-,16-,17?,18+,19?,20?,21-,22+/m0/s1. The van der Waals surface area contributed by atoms with E-state index in [1.54, 1.807) is 5.57 Å².